The van der Waals surface area contributed by atoms with Crippen molar-refractivity contribution < 1.29 is 14.3 Å². The summed E-state index contributed by atoms with van der Waals surface area (Å²) in [5, 5.41) is 0. The molecule has 0 aliphatic heterocycles. The highest BCUT2D eigenvalue weighted by Crippen LogP contribution is 2.22. The van der Waals surface area contributed by atoms with E-state index < -0.39 is 5.97 Å². The fraction of sp³-hybridized carbons (Fsp3) is 0.0370. The Morgan fingerprint density at radius 3 is 1.57 bits per heavy atom. The monoisotopic (exact) mass is 392 g/mol. The second kappa shape index (κ2) is 8.58. The van der Waals surface area contributed by atoms with Gasteiger partial charge in [-0.25, -0.2) is 4.79 Å². The molecular formula is C27H20O3. The highest BCUT2D eigenvalue weighted by atomic mass is 16.5. The first-order valence-electron chi connectivity index (χ1n) is 9.69. The van der Waals surface area contributed by atoms with E-state index in [1.54, 1.807) is 24.3 Å². The Hall–Kier alpha value is -3.98. The van der Waals surface area contributed by atoms with E-state index in [-0.39, 0.29) is 5.78 Å². The predicted octanol–water partition coefficient (Wildman–Crippen LogP) is 6.11. The van der Waals surface area contributed by atoms with Crippen molar-refractivity contribution in [2.45, 2.75) is 6.92 Å². The summed E-state index contributed by atoms with van der Waals surface area (Å²) >= 11 is 0. The maximum atomic E-state index is 12.6. The first kappa shape index (κ1) is 19.3. The molecule has 30 heavy (non-hydrogen) atoms. The van der Waals surface area contributed by atoms with Gasteiger partial charge in [0.05, 0.1) is 5.56 Å². The number of carbonyl (C=O) groups excluding carboxylic acids is 2. The maximum absolute atomic E-state index is 12.6. The van der Waals surface area contributed by atoms with E-state index in [0.717, 1.165) is 16.7 Å². The number of aryl methyl sites for hydroxylation is 1. The van der Waals surface area contributed by atoms with E-state index in [0.29, 0.717) is 22.4 Å². The Kier molecular flexibility index (Phi) is 5.53. The molecule has 0 fully saturated rings. The van der Waals surface area contributed by atoms with Crippen molar-refractivity contribution in [2.24, 2.45) is 0 Å². The van der Waals surface area contributed by atoms with Gasteiger partial charge in [0.1, 0.15) is 5.75 Å². The molecule has 0 atom stereocenters. The zero-order valence-corrected chi connectivity index (χ0v) is 16.5. The van der Waals surface area contributed by atoms with Crippen LogP contribution in [-0.4, -0.2) is 11.8 Å². The van der Waals surface area contributed by atoms with Crippen LogP contribution in [0.2, 0.25) is 0 Å². The Morgan fingerprint density at radius 2 is 1.03 bits per heavy atom. The normalized spacial score (nSPS) is 10.4. The third-order valence-corrected chi connectivity index (χ3v) is 4.87. The number of para-hydroxylation sites is 1. The van der Waals surface area contributed by atoms with Gasteiger partial charge < -0.3 is 4.74 Å². The van der Waals surface area contributed by atoms with Gasteiger partial charge in [-0.3, -0.25) is 4.79 Å². The van der Waals surface area contributed by atoms with Crippen molar-refractivity contribution in [3.63, 3.8) is 0 Å². The molecule has 0 aliphatic rings. The highest BCUT2D eigenvalue weighted by Gasteiger charge is 2.11. The quantitative estimate of drug-likeness (QED) is 0.234. The number of ketones is 1. The van der Waals surface area contributed by atoms with Crippen LogP contribution in [0.1, 0.15) is 31.8 Å². The summed E-state index contributed by atoms with van der Waals surface area (Å²) < 4.78 is 5.36. The molecule has 0 spiro atoms. The van der Waals surface area contributed by atoms with Crippen LogP contribution in [0.4, 0.5) is 0 Å². The summed E-state index contributed by atoms with van der Waals surface area (Å²) in [5.74, 6) is 0.118. The number of esters is 1. The van der Waals surface area contributed by atoms with Crippen LogP contribution >= 0.6 is 0 Å². The lowest BCUT2D eigenvalue weighted by Gasteiger charge is -2.07. The van der Waals surface area contributed by atoms with Crippen molar-refractivity contribution in [2.75, 3.05) is 0 Å². The Balaban J connectivity index is 1.47. The lowest BCUT2D eigenvalue weighted by molar-refractivity contribution is 0.0734. The molecule has 4 aromatic rings. The molecule has 3 nitrogen and oxygen atoms in total. The standard InChI is InChI=1S/C27H20O3/c1-19-7-9-22(10-8-19)26(28)23-15-11-20(12-16-23)21-13-17-24(18-14-21)27(29)30-25-5-3-2-4-6-25/h2-18H,1H3. The van der Waals surface area contributed by atoms with Gasteiger partial charge >= 0.3 is 5.97 Å². The first-order valence-corrected chi connectivity index (χ1v) is 9.69. The van der Waals surface area contributed by atoms with E-state index >= 15 is 0 Å². The lowest BCUT2D eigenvalue weighted by atomic mass is 9.98. The second-order valence-electron chi connectivity index (χ2n) is 7.05. The van der Waals surface area contributed by atoms with Crippen molar-refractivity contribution in [3.8, 4) is 16.9 Å². The van der Waals surface area contributed by atoms with Crippen molar-refractivity contribution in [1.82, 2.24) is 0 Å². The molecule has 0 amide bonds. The van der Waals surface area contributed by atoms with Crippen molar-refractivity contribution in [1.29, 1.82) is 0 Å². The molecule has 0 radical (unpaired) electrons. The van der Waals surface area contributed by atoms with Crippen LogP contribution in [0.25, 0.3) is 11.1 Å². The van der Waals surface area contributed by atoms with Crippen LogP contribution in [0.15, 0.2) is 103 Å². The molecule has 0 unspecified atom stereocenters. The summed E-state index contributed by atoms with van der Waals surface area (Å²) in [7, 11) is 0. The summed E-state index contributed by atoms with van der Waals surface area (Å²) in [6, 6.07) is 31.3. The fourth-order valence-corrected chi connectivity index (χ4v) is 3.14. The number of hydrogen-bond donors (Lipinski definition) is 0. The minimum absolute atomic E-state index is 0.000514. The molecule has 146 valence electrons. The number of benzene rings is 4. The topological polar surface area (TPSA) is 43.4 Å². The molecule has 3 heteroatoms. The van der Waals surface area contributed by atoms with E-state index in [2.05, 4.69) is 0 Å². The highest BCUT2D eigenvalue weighted by molar-refractivity contribution is 6.09. The van der Waals surface area contributed by atoms with E-state index in [4.69, 9.17) is 4.74 Å². The van der Waals surface area contributed by atoms with Gasteiger partial charge in [0.25, 0.3) is 0 Å². The van der Waals surface area contributed by atoms with Crippen LogP contribution in [0, 0.1) is 6.92 Å². The Labute approximate surface area is 175 Å². The summed E-state index contributed by atoms with van der Waals surface area (Å²) in [5.41, 5.74) is 4.85. The minimum atomic E-state index is -0.396. The van der Waals surface area contributed by atoms with Gasteiger partial charge in [-0.2, -0.15) is 0 Å². The molecular weight excluding hydrogens is 372 g/mol. The number of hydrogen-bond acceptors (Lipinski definition) is 3. The number of ether oxygens (including phenoxy) is 1. The average molecular weight is 392 g/mol. The molecule has 0 aromatic heterocycles. The number of rotatable bonds is 5. The molecule has 0 aliphatic carbocycles. The van der Waals surface area contributed by atoms with Crippen LogP contribution in [-0.2, 0) is 0 Å². The van der Waals surface area contributed by atoms with E-state index in [1.807, 2.05) is 85.8 Å². The Bertz CT molecular complexity index is 1160. The molecule has 0 N–H and O–H groups in total. The Morgan fingerprint density at radius 1 is 0.567 bits per heavy atom. The van der Waals surface area contributed by atoms with Crippen LogP contribution in [0.3, 0.4) is 0 Å². The molecule has 4 rings (SSSR count). The third kappa shape index (κ3) is 4.36. The molecule has 4 aromatic carbocycles. The van der Waals surface area contributed by atoms with Gasteiger partial charge in [0, 0.05) is 11.1 Å². The summed E-state index contributed by atoms with van der Waals surface area (Å²) in [6.45, 7) is 2.00. The first-order chi connectivity index (χ1) is 14.6. The van der Waals surface area contributed by atoms with E-state index in [1.165, 1.54) is 0 Å². The minimum Gasteiger partial charge on any atom is -0.423 e. The maximum Gasteiger partial charge on any atom is 0.343 e. The van der Waals surface area contributed by atoms with Crippen LogP contribution in [0.5, 0.6) is 5.75 Å². The second-order valence-corrected chi connectivity index (χ2v) is 7.05. The summed E-state index contributed by atoms with van der Waals surface area (Å²) in [6.07, 6.45) is 0. The summed E-state index contributed by atoms with van der Waals surface area (Å²) in [4.78, 5) is 24.9. The fourth-order valence-electron chi connectivity index (χ4n) is 3.14. The third-order valence-electron chi connectivity index (χ3n) is 4.87. The average Bonchev–Trinajstić information content (AvgIpc) is 2.80. The zero-order valence-electron chi connectivity index (χ0n) is 16.5. The zero-order chi connectivity index (χ0) is 20.9. The molecule has 0 bridgehead atoms. The molecule has 0 saturated heterocycles. The predicted molar refractivity (Wildman–Crippen MR) is 118 cm³/mol. The molecule has 0 saturated carbocycles. The van der Waals surface area contributed by atoms with Crippen molar-refractivity contribution >= 4 is 11.8 Å². The van der Waals surface area contributed by atoms with E-state index in [9.17, 15) is 9.59 Å². The lowest BCUT2D eigenvalue weighted by Crippen LogP contribution is -2.08. The largest absolute Gasteiger partial charge is 0.423 e. The smallest absolute Gasteiger partial charge is 0.343 e. The van der Waals surface area contributed by atoms with Gasteiger partial charge in [0.2, 0.25) is 0 Å². The van der Waals surface area contributed by atoms with Gasteiger partial charge in [-0.15, -0.1) is 0 Å². The number of carbonyl (C=O) groups is 2. The SMILES string of the molecule is Cc1ccc(C(=O)c2ccc(-c3ccc(C(=O)Oc4ccccc4)cc3)cc2)cc1. The van der Waals surface area contributed by atoms with Gasteiger partial charge in [-0.1, -0.05) is 84.4 Å². The van der Waals surface area contributed by atoms with Gasteiger partial charge in [-0.05, 0) is 42.3 Å². The van der Waals surface area contributed by atoms with Crippen molar-refractivity contribution in [3.05, 3.63) is 125 Å². The van der Waals surface area contributed by atoms with Crippen LogP contribution < -0.4 is 4.74 Å². The van der Waals surface area contributed by atoms with Gasteiger partial charge in [0.15, 0.2) is 5.78 Å². The molecule has 0 heterocycles.